The summed E-state index contributed by atoms with van der Waals surface area (Å²) < 4.78 is 47.5. The maximum absolute atomic E-state index is 14.3. The molecular weight excluding hydrogens is 381 g/mol. The zero-order valence-corrected chi connectivity index (χ0v) is 15.3. The van der Waals surface area contributed by atoms with Crippen molar-refractivity contribution in [1.82, 2.24) is 0 Å². The maximum Gasteiger partial charge on any atom is 0.306 e. The maximum atomic E-state index is 14.3. The van der Waals surface area contributed by atoms with Crippen LogP contribution in [-0.2, 0) is 17.6 Å². The summed E-state index contributed by atoms with van der Waals surface area (Å²) in [5, 5.41) is 9.27. The van der Waals surface area contributed by atoms with Gasteiger partial charge in [0.25, 0.3) is 0 Å². The Morgan fingerprint density at radius 1 is 0.966 bits per heavy atom. The van der Waals surface area contributed by atoms with Gasteiger partial charge in [-0.15, -0.1) is 0 Å². The highest BCUT2D eigenvalue weighted by atomic mass is 19.2. The molecular formula is C23H17F3O3. The third-order valence-electron chi connectivity index (χ3n) is 5.15. The van der Waals surface area contributed by atoms with Gasteiger partial charge >= 0.3 is 5.97 Å². The third kappa shape index (κ3) is 3.83. The topological polar surface area (TPSA) is 46.5 Å². The number of rotatable bonds is 4. The molecule has 29 heavy (non-hydrogen) atoms. The molecule has 1 N–H and O–H groups in total. The number of carbonyl (C=O) groups is 1. The molecule has 1 atom stereocenters. The van der Waals surface area contributed by atoms with Gasteiger partial charge in [0.15, 0.2) is 11.6 Å². The summed E-state index contributed by atoms with van der Waals surface area (Å²) in [4.78, 5) is 11.3. The van der Waals surface area contributed by atoms with Gasteiger partial charge < -0.3 is 9.84 Å². The van der Waals surface area contributed by atoms with E-state index in [0.717, 1.165) is 17.2 Å². The SMILES string of the molecule is O=C(O)C1CCc2ccc(Oc3ccccc3-c3cc(F)cc(F)c3F)cc2C1. The third-order valence-corrected chi connectivity index (χ3v) is 5.15. The zero-order valence-electron chi connectivity index (χ0n) is 15.3. The highest BCUT2D eigenvalue weighted by Crippen LogP contribution is 2.37. The van der Waals surface area contributed by atoms with Crippen molar-refractivity contribution in [1.29, 1.82) is 0 Å². The second kappa shape index (κ2) is 7.62. The number of carboxylic acids is 1. The predicted octanol–water partition coefficient (Wildman–Crippen LogP) is 5.75. The fourth-order valence-electron chi connectivity index (χ4n) is 3.66. The van der Waals surface area contributed by atoms with E-state index in [9.17, 15) is 23.1 Å². The number of aryl methyl sites for hydroxylation is 1. The van der Waals surface area contributed by atoms with Crippen molar-refractivity contribution in [2.24, 2.45) is 5.92 Å². The molecule has 0 spiro atoms. The number of hydrogen-bond donors (Lipinski definition) is 1. The van der Waals surface area contributed by atoms with Crippen molar-refractivity contribution in [2.45, 2.75) is 19.3 Å². The van der Waals surface area contributed by atoms with Gasteiger partial charge in [-0.25, -0.2) is 13.2 Å². The standard InChI is InChI=1S/C23H17F3O3/c24-16-11-19(22(26)20(25)12-16)18-3-1-2-4-21(18)29-17-8-7-13-5-6-14(23(27)28)9-15(13)10-17/h1-4,7-8,10-12,14H,5-6,9H2,(H,27,28). The molecule has 1 aliphatic rings. The number of hydrogen-bond acceptors (Lipinski definition) is 2. The van der Waals surface area contributed by atoms with E-state index in [1.807, 2.05) is 6.07 Å². The molecule has 0 aromatic heterocycles. The molecule has 0 saturated carbocycles. The average Bonchev–Trinajstić information content (AvgIpc) is 2.70. The second-order valence-electron chi connectivity index (χ2n) is 7.06. The Kier molecular flexibility index (Phi) is 5.01. The first kappa shape index (κ1) is 19.1. The van der Waals surface area contributed by atoms with Crippen LogP contribution in [0.3, 0.4) is 0 Å². The van der Waals surface area contributed by atoms with Gasteiger partial charge in [-0.05, 0) is 54.7 Å². The first-order valence-electron chi connectivity index (χ1n) is 9.19. The van der Waals surface area contributed by atoms with Crippen molar-refractivity contribution >= 4 is 5.97 Å². The Morgan fingerprint density at radius 2 is 1.76 bits per heavy atom. The highest BCUT2D eigenvalue weighted by Gasteiger charge is 2.24. The fraction of sp³-hybridized carbons (Fsp3) is 0.174. The summed E-state index contributed by atoms with van der Waals surface area (Å²) in [6, 6.07) is 13.2. The van der Waals surface area contributed by atoms with E-state index in [1.54, 1.807) is 30.3 Å². The van der Waals surface area contributed by atoms with Crippen LogP contribution in [0.25, 0.3) is 11.1 Å². The Morgan fingerprint density at radius 3 is 2.55 bits per heavy atom. The van der Waals surface area contributed by atoms with E-state index in [1.165, 1.54) is 6.07 Å². The molecule has 3 nitrogen and oxygen atoms in total. The van der Waals surface area contributed by atoms with Crippen LogP contribution in [0.15, 0.2) is 54.6 Å². The van der Waals surface area contributed by atoms with Gasteiger partial charge in [-0.2, -0.15) is 0 Å². The Labute approximate surface area is 165 Å². The van der Waals surface area contributed by atoms with Crippen LogP contribution in [-0.4, -0.2) is 11.1 Å². The number of para-hydroxylation sites is 1. The van der Waals surface area contributed by atoms with Gasteiger partial charge in [0.05, 0.1) is 5.92 Å². The van der Waals surface area contributed by atoms with E-state index in [-0.39, 0.29) is 16.9 Å². The monoisotopic (exact) mass is 398 g/mol. The van der Waals surface area contributed by atoms with E-state index in [2.05, 4.69) is 0 Å². The van der Waals surface area contributed by atoms with Crippen LogP contribution in [0.2, 0.25) is 0 Å². The minimum atomic E-state index is -1.27. The number of aliphatic carboxylic acids is 1. The summed E-state index contributed by atoms with van der Waals surface area (Å²) in [7, 11) is 0. The second-order valence-corrected chi connectivity index (χ2v) is 7.06. The summed E-state index contributed by atoms with van der Waals surface area (Å²) in [5.41, 5.74) is 1.94. The summed E-state index contributed by atoms with van der Waals surface area (Å²) in [5.74, 6) is -3.89. The van der Waals surface area contributed by atoms with Gasteiger partial charge in [0.1, 0.15) is 17.3 Å². The van der Waals surface area contributed by atoms with E-state index in [4.69, 9.17) is 4.74 Å². The minimum Gasteiger partial charge on any atom is -0.481 e. The average molecular weight is 398 g/mol. The Balaban J connectivity index is 1.69. The van der Waals surface area contributed by atoms with Gasteiger partial charge in [0.2, 0.25) is 0 Å². The smallest absolute Gasteiger partial charge is 0.306 e. The lowest BCUT2D eigenvalue weighted by molar-refractivity contribution is -0.142. The number of ether oxygens (including phenoxy) is 1. The zero-order chi connectivity index (χ0) is 20.5. The predicted molar refractivity (Wildman–Crippen MR) is 101 cm³/mol. The first-order valence-corrected chi connectivity index (χ1v) is 9.19. The van der Waals surface area contributed by atoms with Crippen molar-refractivity contribution in [2.75, 3.05) is 0 Å². The quantitative estimate of drug-likeness (QED) is 0.569. The highest BCUT2D eigenvalue weighted by molar-refractivity contribution is 5.72. The molecule has 0 bridgehead atoms. The summed E-state index contributed by atoms with van der Waals surface area (Å²) >= 11 is 0. The molecule has 0 aliphatic heterocycles. The van der Waals surface area contributed by atoms with Crippen molar-refractivity contribution < 1.29 is 27.8 Å². The molecule has 1 unspecified atom stereocenters. The molecule has 0 amide bonds. The number of halogens is 3. The molecule has 148 valence electrons. The number of fused-ring (bicyclic) bond motifs is 1. The minimum absolute atomic E-state index is 0.213. The molecule has 0 radical (unpaired) electrons. The van der Waals surface area contributed by atoms with Crippen LogP contribution in [0.5, 0.6) is 11.5 Å². The first-order chi connectivity index (χ1) is 13.9. The van der Waals surface area contributed by atoms with E-state index < -0.39 is 29.3 Å². The lowest BCUT2D eigenvalue weighted by atomic mass is 9.84. The van der Waals surface area contributed by atoms with Crippen molar-refractivity contribution in [3.63, 3.8) is 0 Å². The lowest BCUT2D eigenvalue weighted by Crippen LogP contribution is -2.22. The van der Waals surface area contributed by atoms with Crippen molar-refractivity contribution in [3.05, 3.63) is 83.2 Å². The molecule has 1 aliphatic carbocycles. The molecule has 0 heterocycles. The Hall–Kier alpha value is -3.28. The molecule has 4 rings (SSSR count). The van der Waals surface area contributed by atoms with Gasteiger partial charge in [0, 0.05) is 17.2 Å². The van der Waals surface area contributed by atoms with Gasteiger partial charge in [-0.3, -0.25) is 4.79 Å². The van der Waals surface area contributed by atoms with E-state index in [0.29, 0.717) is 31.1 Å². The number of benzene rings is 3. The molecule has 6 heteroatoms. The fourth-order valence-corrected chi connectivity index (χ4v) is 3.66. The van der Waals surface area contributed by atoms with Crippen LogP contribution in [0.4, 0.5) is 13.2 Å². The van der Waals surface area contributed by atoms with Gasteiger partial charge in [-0.1, -0.05) is 24.3 Å². The summed E-state index contributed by atoms with van der Waals surface area (Å²) in [6.45, 7) is 0. The molecule has 3 aromatic rings. The molecule has 0 fully saturated rings. The van der Waals surface area contributed by atoms with E-state index >= 15 is 0 Å². The van der Waals surface area contributed by atoms with Crippen molar-refractivity contribution in [3.8, 4) is 22.6 Å². The normalized spacial score (nSPS) is 15.6. The molecule has 3 aromatic carbocycles. The number of carboxylic acid groups (broad SMARTS) is 1. The van der Waals surface area contributed by atoms with Crippen LogP contribution < -0.4 is 4.74 Å². The lowest BCUT2D eigenvalue weighted by Gasteiger charge is -2.22. The Bertz CT molecular complexity index is 1090. The van der Waals surface area contributed by atoms with Crippen LogP contribution >= 0.6 is 0 Å². The largest absolute Gasteiger partial charge is 0.481 e. The van der Waals surface area contributed by atoms with Crippen LogP contribution in [0, 0.1) is 23.4 Å². The molecule has 0 saturated heterocycles. The summed E-state index contributed by atoms with van der Waals surface area (Å²) in [6.07, 6.45) is 1.68. The van der Waals surface area contributed by atoms with Crippen LogP contribution in [0.1, 0.15) is 17.5 Å².